The summed E-state index contributed by atoms with van der Waals surface area (Å²) in [6, 6.07) is 12.8. The van der Waals surface area contributed by atoms with Crippen LogP contribution in [0.3, 0.4) is 0 Å². The zero-order valence-electron chi connectivity index (χ0n) is 12.6. The topological polar surface area (TPSA) is 73.7 Å². The third kappa shape index (κ3) is 4.34. The predicted octanol–water partition coefficient (Wildman–Crippen LogP) is 2.57. The number of amides is 1. The molecule has 0 fully saturated rings. The molecule has 0 heterocycles. The van der Waals surface area contributed by atoms with E-state index in [1.807, 2.05) is 26.0 Å². The lowest BCUT2D eigenvalue weighted by molar-refractivity contribution is -0.119. The van der Waals surface area contributed by atoms with Gasteiger partial charge in [0.1, 0.15) is 5.75 Å². The average Bonchev–Trinajstić information content (AvgIpc) is 2.48. The summed E-state index contributed by atoms with van der Waals surface area (Å²) in [4.78, 5) is 11.7. The van der Waals surface area contributed by atoms with Gasteiger partial charge in [0.25, 0.3) is 5.91 Å². The van der Waals surface area contributed by atoms with Crippen LogP contribution in [0.4, 0.5) is 5.69 Å². The van der Waals surface area contributed by atoms with Gasteiger partial charge in [-0.15, -0.1) is 0 Å². The standard InChI is InChI=1S/C17H19N3O2/c1-12-7-8-15(13(2)9-12)18-11-17(22)20-19-10-14-5-3-4-6-16(14)21/h3-10,18,21H,11H2,1-2H3,(H,20,22)/b19-10+. The van der Waals surface area contributed by atoms with Gasteiger partial charge in [0.2, 0.25) is 0 Å². The molecule has 2 rings (SSSR count). The minimum Gasteiger partial charge on any atom is -0.507 e. The van der Waals surface area contributed by atoms with E-state index in [1.54, 1.807) is 24.3 Å². The van der Waals surface area contributed by atoms with Crippen molar-refractivity contribution in [3.05, 3.63) is 59.2 Å². The summed E-state index contributed by atoms with van der Waals surface area (Å²) in [5.41, 5.74) is 6.15. The van der Waals surface area contributed by atoms with Crippen LogP contribution >= 0.6 is 0 Å². The zero-order chi connectivity index (χ0) is 15.9. The Bertz CT molecular complexity index is 696. The maximum absolute atomic E-state index is 11.7. The fraction of sp³-hybridized carbons (Fsp3) is 0.176. The van der Waals surface area contributed by atoms with Crippen molar-refractivity contribution in [3.63, 3.8) is 0 Å². The molecule has 0 unspecified atom stereocenters. The Morgan fingerprint density at radius 3 is 2.73 bits per heavy atom. The fourth-order valence-electron chi connectivity index (χ4n) is 2.00. The van der Waals surface area contributed by atoms with E-state index in [1.165, 1.54) is 11.8 Å². The number of carbonyl (C=O) groups is 1. The predicted molar refractivity (Wildman–Crippen MR) is 88.2 cm³/mol. The summed E-state index contributed by atoms with van der Waals surface area (Å²) in [5.74, 6) is -0.138. The first kappa shape index (κ1) is 15.6. The molecule has 0 atom stereocenters. The van der Waals surface area contributed by atoms with Gasteiger partial charge in [-0.3, -0.25) is 4.79 Å². The third-order valence-electron chi connectivity index (χ3n) is 3.15. The smallest absolute Gasteiger partial charge is 0.259 e. The zero-order valence-corrected chi connectivity index (χ0v) is 12.6. The van der Waals surface area contributed by atoms with Crippen LogP contribution in [-0.4, -0.2) is 23.8 Å². The molecule has 5 nitrogen and oxygen atoms in total. The van der Waals surface area contributed by atoms with Crippen molar-refractivity contribution in [1.82, 2.24) is 5.43 Å². The Hall–Kier alpha value is -2.82. The van der Waals surface area contributed by atoms with E-state index >= 15 is 0 Å². The van der Waals surface area contributed by atoms with Crippen LogP contribution in [0.1, 0.15) is 16.7 Å². The minimum atomic E-state index is -0.258. The van der Waals surface area contributed by atoms with E-state index in [4.69, 9.17) is 0 Å². The summed E-state index contributed by atoms with van der Waals surface area (Å²) < 4.78 is 0. The van der Waals surface area contributed by atoms with E-state index < -0.39 is 0 Å². The minimum absolute atomic E-state index is 0.119. The summed E-state index contributed by atoms with van der Waals surface area (Å²) in [7, 11) is 0. The van der Waals surface area contributed by atoms with Gasteiger partial charge in [-0.25, -0.2) is 5.43 Å². The molecule has 0 aliphatic rings. The quantitative estimate of drug-likeness (QED) is 0.586. The number of rotatable bonds is 5. The van der Waals surface area contributed by atoms with Crippen LogP contribution in [0.15, 0.2) is 47.6 Å². The number of phenolic OH excluding ortho intramolecular Hbond substituents is 1. The van der Waals surface area contributed by atoms with Crippen LogP contribution in [0.5, 0.6) is 5.75 Å². The van der Waals surface area contributed by atoms with E-state index in [-0.39, 0.29) is 18.2 Å². The maximum atomic E-state index is 11.7. The molecule has 0 saturated carbocycles. The lowest BCUT2D eigenvalue weighted by atomic mass is 10.1. The second-order valence-electron chi connectivity index (χ2n) is 5.02. The Kier molecular flexibility index (Phi) is 5.14. The molecule has 3 N–H and O–H groups in total. The van der Waals surface area contributed by atoms with E-state index in [0.29, 0.717) is 5.56 Å². The number of phenols is 1. The normalized spacial score (nSPS) is 10.6. The molecule has 0 bridgehead atoms. The first-order valence-electron chi connectivity index (χ1n) is 6.97. The Balaban J connectivity index is 1.84. The molecule has 0 saturated heterocycles. The van der Waals surface area contributed by atoms with E-state index in [9.17, 15) is 9.90 Å². The second-order valence-corrected chi connectivity index (χ2v) is 5.02. The highest BCUT2D eigenvalue weighted by Crippen LogP contribution is 2.15. The number of anilines is 1. The summed E-state index contributed by atoms with van der Waals surface area (Å²) >= 11 is 0. The van der Waals surface area contributed by atoms with Crippen molar-refractivity contribution in [2.24, 2.45) is 5.10 Å². The van der Waals surface area contributed by atoms with Gasteiger partial charge < -0.3 is 10.4 Å². The monoisotopic (exact) mass is 297 g/mol. The van der Waals surface area contributed by atoms with Gasteiger partial charge in [-0.05, 0) is 37.6 Å². The first-order chi connectivity index (χ1) is 10.6. The average molecular weight is 297 g/mol. The Morgan fingerprint density at radius 1 is 1.23 bits per heavy atom. The number of para-hydroxylation sites is 1. The number of hydrogen-bond acceptors (Lipinski definition) is 4. The number of nitrogens with zero attached hydrogens (tertiary/aromatic N) is 1. The van der Waals surface area contributed by atoms with Crippen LogP contribution in [-0.2, 0) is 4.79 Å². The largest absolute Gasteiger partial charge is 0.507 e. The molecule has 0 aromatic heterocycles. The molecule has 114 valence electrons. The van der Waals surface area contributed by atoms with Crippen molar-refractivity contribution in [2.45, 2.75) is 13.8 Å². The molecular formula is C17H19N3O2. The third-order valence-corrected chi connectivity index (χ3v) is 3.15. The van der Waals surface area contributed by atoms with Crippen molar-refractivity contribution >= 4 is 17.8 Å². The number of carbonyl (C=O) groups excluding carboxylic acids is 1. The van der Waals surface area contributed by atoms with E-state index in [2.05, 4.69) is 21.9 Å². The number of benzene rings is 2. The fourth-order valence-corrected chi connectivity index (χ4v) is 2.00. The summed E-state index contributed by atoms with van der Waals surface area (Å²) in [5, 5.41) is 16.5. The molecule has 0 aliphatic heterocycles. The molecule has 2 aromatic carbocycles. The molecule has 22 heavy (non-hydrogen) atoms. The molecule has 1 amide bonds. The van der Waals surface area contributed by atoms with E-state index in [0.717, 1.165) is 11.3 Å². The van der Waals surface area contributed by atoms with Gasteiger partial charge in [0.05, 0.1) is 12.8 Å². The number of hydrogen-bond donors (Lipinski definition) is 3. The SMILES string of the molecule is Cc1ccc(NCC(=O)N/N=C/c2ccccc2O)c(C)c1. The molecule has 0 aliphatic carbocycles. The highest BCUT2D eigenvalue weighted by atomic mass is 16.3. The maximum Gasteiger partial charge on any atom is 0.259 e. The van der Waals surface area contributed by atoms with Crippen molar-refractivity contribution in [1.29, 1.82) is 0 Å². The van der Waals surface area contributed by atoms with Crippen molar-refractivity contribution in [2.75, 3.05) is 11.9 Å². The number of aryl methyl sites for hydroxylation is 2. The van der Waals surface area contributed by atoms with Crippen LogP contribution < -0.4 is 10.7 Å². The lowest BCUT2D eigenvalue weighted by Crippen LogP contribution is -2.26. The van der Waals surface area contributed by atoms with Gasteiger partial charge in [-0.1, -0.05) is 29.8 Å². The van der Waals surface area contributed by atoms with Gasteiger partial charge >= 0.3 is 0 Å². The van der Waals surface area contributed by atoms with Gasteiger partial charge in [-0.2, -0.15) is 5.10 Å². The van der Waals surface area contributed by atoms with Crippen molar-refractivity contribution in [3.8, 4) is 5.75 Å². The first-order valence-corrected chi connectivity index (χ1v) is 6.97. The molecule has 0 spiro atoms. The Labute approximate surface area is 129 Å². The summed E-state index contributed by atoms with van der Waals surface area (Å²) in [6.45, 7) is 4.14. The van der Waals surface area contributed by atoms with Gasteiger partial charge in [0, 0.05) is 11.3 Å². The number of aromatic hydroxyl groups is 1. The van der Waals surface area contributed by atoms with Crippen LogP contribution in [0, 0.1) is 13.8 Å². The van der Waals surface area contributed by atoms with Crippen LogP contribution in [0.25, 0.3) is 0 Å². The lowest BCUT2D eigenvalue weighted by Gasteiger charge is -2.09. The number of hydrazone groups is 1. The molecular weight excluding hydrogens is 278 g/mol. The molecule has 0 radical (unpaired) electrons. The molecule has 5 heteroatoms. The van der Waals surface area contributed by atoms with Crippen LogP contribution in [0.2, 0.25) is 0 Å². The number of nitrogens with one attached hydrogen (secondary N) is 2. The Morgan fingerprint density at radius 2 is 2.00 bits per heavy atom. The highest BCUT2D eigenvalue weighted by Gasteiger charge is 2.02. The molecule has 2 aromatic rings. The summed E-state index contributed by atoms with van der Waals surface area (Å²) in [6.07, 6.45) is 1.41. The van der Waals surface area contributed by atoms with Gasteiger partial charge in [0.15, 0.2) is 0 Å². The second kappa shape index (κ2) is 7.26. The highest BCUT2D eigenvalue weighted by molar-refractivity contribution is 5.86. The van der Waals surface area contributed by atoms with Crippen molar-refractivity contribution < 1.29 is 9.90 Å².